The van der Waals surface area contributed by atoms with E-state index in [0.717, 1.165) is 12.3 Å². The maximum Gasteiger partial charge on any atom is 0.428 e. The molecular weight excluding hydrogens is 268 g/mol. The van der Waals surface area contributed by atoms with Gasteiger partial charge in [0.15, 0.2) is 13.3 Å². The molecule has 0 atom stereocenters. The van der Waals surface area contributed by atoms with E-state index in [0.29, 0.717) is 6.07 Å². The largest absolute Gasteiger partial charge is 0.430 e. The van der Waals surface area contributed by atoms with Crippen LogP contribution >= 0.6 is 0 Å². The number of hydrogen-bond acceptors (Lipinski definition) is 3. The Morgan fingerprint density at radius 3 is 2.11 bits per heavy atom. The first-order chi connectivity index (χ1) is 8.28. The van der Waals surface area contributed by atoms with Gasteiger partial charge in [-0.3, -0.25) is 0 Å². The van der Waals surface area contributed by atoms with Gasteiger partial charge in [0.25, 0.3) is 0 Å². The second-order valence-corrected chi connectivity index (χ2v) is 3.08. The van der Waals surface area contributed by atoms with E-state index < -0.39 is 37.2 Å². The lowest BCUT2D eigenvalue weighted by molar-refractivity contribution is -0.190. The number of rotatable bonds is 6. The Morgan fingerprint density at radius 2 is 1.56 bits per heavy atom. The Morgan fingerprint density at radius 1 is 1.00 bits per heavy atom. The molecule has 0 unspecified atom stereocenters. The molecule has 0 aliphatic carbocycles. The maximum atomic E-state index is 12.5. The molecule has 18 heavy (non-hydrogen) atoms. The number of pyridine rings is 1. The van der Waals surface area contributed by atoms with Gasteiger partial charge >= 0.3 is 12.2 Å². The molecule has 0 saturated heterocycles. The zero-order valence-electron chi connectivity index (χ0n) is 8.68. The summed E-state index contributed by atoms with van der Waals surface area (Å²) in [5.74, 6) is -1.47. The van der Waals surface area contributed by atoms with Crippen molar-refractivity contribution in [3.63, 3.8) is 0 Å². The van der Waals surface area contributed by atoms with Crippen molar-refractivity contribution in [1.82, 2.24) is 4.98 Å². The van der Waals surface area contributed by atoms with Crippen LogP contribution < -0.4 is 9.47 Å². The molecule has 0 saturated carbocycles. The lowest BCUT2D eigenvalue weighted by Crippen LogP contribution is -2.28. The van der Waals surface area contributed by atoms with Gasteiger partial charge in [0.1, 0.15) is 5.75 Å². The zero-order valence-corrected chi connectivity index (χ0v) is 8.68. The average Bonchev–Trinajstić information content (AvgIpc) is 2.28. The van der Waals surface area contributed by atoms with Crippen LogP contribution in [0.1, 0.15) is 0 Å². The van der Waals surface area contributed by atoms with Gasteiger partial charge in [-0.2, -0.15) is 17.6 Å². The van der Waals surface area contributed by atoms with E-state index in [1.165, 1.54) is 0 Å². The van der Waals surface area contributed by atoms with Crippen molar-refractivity contribution >= 4 is 0 Å². The first kappa shape index (κ1) is 14.4. The third kappa shape index (κ3) is 4.30. The van der Waals surface area contributed by atoms with Crippen molar-refractivity contribution in [2.24, 2.45) is 0 Å². The molecule has 0 spiro atoms. The Kier molecular flexibility index (Phi) is 4.25. The Hall–Kier alpha value is -1.67. The van der Waals surface area contributed by atoms with Crippen LogP contribution in [0, 0.1) is 0 Å². The van der Waals surface area contributed by atoms with Crippen LogP contribution in [0.2, 0.25) is 0 Å². The van der Waals surface area contributed by atoms with Crippen LogP contribution in [0.15, 0.2) is 18.3 Å². The Balaban J connectivity index is 2.80. The van der Waals surface area contributed by atoms with E-state index in [9.17, 15) is 26.3 Å². The van der Waals surface area contributed by atoms with Crippen molar-refractivity contribution in [2.45, 2.75) is 12.2 Å². The molecule has 1 aromatic heterocycles. The zero-order chi connectivity index (χ0) is 13.8. The van der Waals surface area contributed by atoms with E-state index in [4.69, 9.17) is 0 Å². The van der Waals surface area contributed by atoms with E-state index in [1.54, 1.807) is 0 Å². The van der Waals surface area contributed by atoms with Crippen LogP contribution in [0.3, 0.4) is 0 Å². The maximum absolute atomic E-state index is 12.5. The van der Waals surface area contributed by atoms with Crippen molar-refractivity contribution in [3.05, 3.63) is 18.3 Å². The molecule has 0 fully saturated rings. The normalized spacial score (nSPS) is 12.3. The SMILES string of the molecule is FCC(F)(F)Oc1ccnc(OC(F)(F)CF)c1. The number of alkyl halides is 6. The molecule has 0 N–H and O–H groups in total. The average molecular weight is 275 g/mol. The summed E-state index contributed by atoms with van der Waals surface area (Å²) < 4.78 is 81.2. The lowest BCUT2D eigenvalue weighted by Gasteiger charge is -2.16. The highest BCUT2D eigenvalue weighted by Crippen LogP contribution is 2.27. The molecule has 0 bridgehead atoms. The molecule has 1 heterocycles. The number of ether oxygens (including phenoxy) is 2. The summed E-state index contributed by atoms with van der Waals surface area (Å²) in [6, 6.07) is 1.44. The summed E-state index contributed by atoms with van der Waals surface area (Å²) in [5, 5.41) is 0. The molecule has 0 aliphatic rings. The number of hydrogen-bond donors (Lipinski definition) is 0. The van der Waals surface area contributed by atoms with Gasteiger partial charge in [0, 0.05) is 12.3 Å². The van der Waals surface area contributed by atoms with Crippen molar-refractivity contribution in [3.8, 4) is 11.6 Å². The van der Waals surface area contributed by atoms with Gasteiger partial charge in [0.2, 0.25) is 5.88 Å². The van der Waals surface area contributed by atoms with Crippen molar-refractivity contribution < 1.29 is 35.8 Å². The molecule has 1 aromatic rings. The van der Waals surface area contributed by atoms with Gasteiger partial charge in [-0.05, 0) is 6.07 Å². The molecule has 0 aliphatic heterocycles. The van der Waals surface area contributed by atoms with Crippen molar-refractivity contribution in [1.29, 1.82) is 0 Å². The molecule has 3 nitrogen and oxygen atoms in total. The molecule has 1 rings (SSSR count). The molecule has 0 aromatic carbocycles. The molecule has 0 radical (unpaired) electrons. The van der Waals surface area contributed by atoms with E-state index >= 15 is 0 Å². The fourth-order valence-corrected chi connectivity index (χ4v) is 0.891. The molecule has 0 amide bonds. The summed E-state index contributed by atoms with van der Waals surface area (Å²) in [6.07, 6.45) is -7.41. The predicted molar refractivity (Wildman–Crippen MR) is 47.3 cm³/mol. The summed E-state index contributed by atoms with van der Waals surface area (Å²) in [5.41, 5.74) is 0. The second-order valence-electron chi connectivity index (χ2n) is 3.08. The van der Waals surface area contributed by atoms with E-state index in [-0.39, 0.29) is 0 Å². The minimum Gasteiger partial charge on any atom is -0.430 e. The van der Waals surface area contributed by atoms with Gasteiger partial charge in [-0.25, -0.2) is 13.8 Å². The van der Waals surface area contributed by atoms with E-state index in [2.05, 4.69) is 14.5 Å². The highest BCUT2D eigenvalue weighted by molar-refractivity contribution is 5.26. The standard InChI is InChI=1S/C9H7F6NO2/c10-4-8(12,13)17-6-1-2-16-7(3-6)18-9(14,15)5-11/h1-3H,4-5H2. The minimum absolute atomic E-state index is 0.563. The number of aromatic nitrogens is 1. The summed E-state index contributed by atoms with van der Waals surface area (Å²) in [6.45, 7) is -4.20. The Bertz CT molecular complexity index is 367. The quantitative estimate of drug-likeness (QED) is 0.748. The third-order valence-corrected chi connectivity index (χ3v) is 1.54. The molecule has 102 valence electrons. The van der Waals surface area contributed by atoms with Gasteiger partial charge < -0.3 is 9.47 Å². The summed E-state index contributed by atoms with van der Waals surface area (Å²) >= 11 is 0. The van der Waals surface area contributed by atoms with Crippen LogP contribution in [-0.2, 0) is 0 Å². The second kappa shape index (κ2) is 5.32. The van der Waals surface area contributed by atoms with Gasteiger partial charge in [0.05, 0.1) is 0 Å². The summed E-state index contributed by atoms with van der Waals surface area (Å²) in [4.78, 5) is 3.24. The minimum atomic E-state index is -4.13. The van der Waals surface area contributed by atoms with E-state index in [1.807, 2.05) is 0 Å². The fourth-order valence-electron chi connectivity index (χ4n) is 0.891. The van der Waals surface area contributed by atoms with Crippen molar-refractivity contribution in [2.75, 3.05) is 13.3 Å². The summed E-state index contributed by atoms with van der Waals surface area (Å²) in [7, 11) is 0. The predicted octanol–water partition coefficient (Wildman–Crippen LogP) is 2.96. The highest BCUT2D eigenvalue weighted by Gasteiger charge is 2.34. The van der Waals surface area contributed by atoms with Crippen LogP contribution in [0.4, 0.5) is 26.3 Å². The van der Waals surface area contributed by atoms with Crippen LogP contribution in [0.25, 0.3) is 0 Å². The fraction of sp³-hybridized carbons (Fsp3) is 0.444. The van der Waals surface area contributed by atoms with Gasteiger partial charge in [-0.1, -0.05) is 0 Å². The number of halogens is 6. The monoisotopic (exact) mass is 275 g/mol. The molecular formula is C9H7F6NO2. The van der Waals surface area contributed by atoms with Gasteiger partial charge in [-0.15, -0.1) is 0 Å². The van der Waals surface area contributed by atoms with Crippen LogP contribution in [-0.4, -0.2) is 30.6 Å². The lowest BCUT2D eigenvalue weighted by atomic mass is 10.4. The first-order valence-electron chi connectivity index (χ1n) is 4.50. The highest BCUT2D eigenvalue weighted by atomic mass is 19.3. The molecule has 9 heteroatoms. The number of nitrogens with zero attached hydrogens (tertiary/aromatic N) is 1. The third-order valence-electron chi connectivity index (χ3n) is 1.54. The topological polar surface area (TPSA) is 31.4 Å². The Labute approximate surface area is 97.3 Å². The van der Waals surface area contributed by atoms with Crippen LogP contribution in [0.5, 0.6) is 11.6 Å². The first-order valence-corrected chi connectivity index (χ1v) is 4.50. The smallest absolute Gasteiger partial charge is 0.428 e.